The van der Waals surface area contributed by atoms with Crippen molar-refractivity contribution in [3.63, 3.8) is 0 Å². The summed E-state index contributed by atoms with van der Waals surface area (Å²) >= 11 is 0. The molecular formula is C12H18N2O2. The maximum Gasteiger partial charge on any atom is 0.339 e. The number of aromatic nitrogens is 1. The Morgan fingerprint density at radius 2 is 2.12 bits per heavy atom. The van der Waals surface area contributed by atoms with E-state index < -0.39 is 5.97 Å². The normalized spacial score (nSPS) is 10.2. The first-order valence-electron chi connectivity index (χ1n) is 5.40. The van der Waals surface area contributed by atoms with Crippen LogP contribution in [0.3, 0.4) is 0 Å². The molecule has 1 aromatic heterocycles. The molecule has 0 spiro atoms. The molecule has 4 heteroatoms. The second-order valence-corrected chi connectivity index (χ2v) is 4.01. The SMILES string of the molecule is CCCN(C)c1nc(C)cc(C)c1C(=O)O. The highest BCUT2D eigenvalue weighted by atomic mass is 16.4. The number of pyridine rings is 1. The van der Waals surface area contributed by atoms with Crippen LogP contribution in [0, 0.1) is 13.8 Å². The molecule has 0 fully saturated rings. The van der Waals surface area contributed by atoms with Crippen LogP contribution in [0.5, 0.6) is 0 Å². The number of aryl methyl sites for hydroxylation is 2. The van der Waals surface area contributed by atoms with Gasteiger partial charge in [-0.2, -0.15) is 0 Å². The Morgan fingerprint density at radius 3 is 2.62 bits per heavy atom. The first-order valence-corrected chi connectivity index (χ1v) is 5.40. The summed E-state index contributed by atoms with van der Waals surface area (Å²) in [6, 6.07) is 1.80. The van der Waals surface area contributed by atoms with Gasteiger partial charge in [-0.05, 0) is 31.9 Å². The molecule has 4 nitrogen and oxygen atoms in total. The van der Waals surface area contributed by atoms with Crippen LogP contribution >= 0.6 is 0 Å². The fourth-order valence-corrected chi connectivity index (χ4v) is 1.80. The third-order valence-electron chi connectivity index (χ3n) is 2.46. The molecule has 88 valence electrons. The van der Waals surface area contributed by atoms with Crippen LogP contribution in [-0.4, -0.2) is 29.7 Å². The topological polar surface area (TPSA) is 53.4 Å². The summed E-state index contributed by atoms with van der Waals surface area (Å²) in [5.74, 6) is -0.352. The molecule has 1 N–H and O–H groups in total. The summed E-state index contributed by atoms with van der Waals surface area (Å²) in [5, 5.41) is 9.19. The number of carboxylic acids is 1. The number of hydrogen-bond acceptors (Lipinski definition) is 3. The second kappa shape index (κ2) is 4.96. The average molecular weight is 222 g/mol. The van der Waals surface area contributed by atoms with Crippen molar-refractivity contribution in [2.45, 2.75) is 27.2 Å². The van der Waals surface area contributed by atoms with E-state index in [0.717, 1.165) is 24.2 Å². The standard InChI is InChI=1S/C12H18N2O2/c1-5-6-14(4)11-10(12(15)16)8(2)7-9(3)13-11/h7H,5-6H2,1-4H3,(H,15,16). The minimum atomic E-state index is -0.914. The zero-order valence-electron chi connectivity index (χ0n) is 10.2. The van der Waals surface area contributed by atoms with E-state index in [2.05, 4.69) is 11.9 Å². The first-order chi connectivity index (χ1) is 7.47. The molecule has 0 saturated heterocycles. The van der Waals surface area contributed by atoms with Crippen LogP contribution in [0.15, 0.2) is 6.07 Å². The van der Waals surface area contributed by atoms with Crippen LogP contribution < -0.4 is 4.90 Å². The highest BCUT2D eigenvalue weighted by Gasteiger charge is 2.18. The van der Waals surface area contributed by atoms with E-state index >= 15 is 0 Å². The smallest absolute Gasteiger partial charge is 0.339 e. The van der Waals surface area contributed by atoms with Crippen molar-refractivity contribution in [3.05, 3.63) is 22.9 Å². The minimum absolute atomic E-state index is 0.307. The molecule has 1 heterocycles. The lowest BCUT2D eigenvalue weighted by molar-refractivity contribution is 0.0696. The number of nitrogens with zero attached hydrogens (tertiary/aromatic N) is 2. The Kier molecular flexibility index (Phi) is 3.88. The summed E-state index contributed by atoms with van der Waals surface area (Å²) < 4.78 is 0. The molecule has 0 atom stereocenters. The lowest BCUT2D eigenvalue weighted by Gasteiger charge is -2.20. The largest absolute Gasteiger partial charge is 0.478 e. The van der Waals surface area contributed by atoms with Gasteiger partial charge < -0.3 is 10.0 Å². The molecule has 0 unspecified atom stereocenters. The number of carboxylic acid groups (broad SMARTS) is 1. The van der Waals surface area contributed by atoms with Crippen molar-refractivity contribution in [2.24, 2.45) is 0 Å². The van der Waals surface area contributed by atoms with E-state index in [-0.39, 0.29) is 0 Å². The number of carbonyl (C=O) groups is 1. The third-order valence-corrected chi connectivity index (χ3v) is 2.46. The summed E-state index contributed by atoms with van der Waals surface area (Å²) in [5.41, 5.74) is 1.92. The number of hydrogen-bond donors (Lipinski definition) is 1. The van der Waals surface area contributed by atoms with Gasteiger partial charge in [-0.15, -0.1) is 0 Å². The highest BCUT2D eigenvalue weighted by molar-refractivity contribution is 5.95. The van der Waals surface area contributed by atoms with E-state index in [1.54, 1.807) is 13.0 Å². The number of aromatic carboxylic acids is 1. The quantitative estimate of drug-likeness (QED) is 0.848. The third kappa shape index (κ3) is 2.51. The fraction of sp³-hybridized carbons (Fsp3) is 0.500. The Hall–Kier alpha value is -1.58. The van der Waals surface area contributed by atoms with E-state index in [4.69, 9.17) is 0 Å². The maximum absolute atomic E-state index is 11.2. The van der Waals surface area contributed by atoms with Gasteiger partial charge in [0.25, 0.3) is 0 Å². The molecule has 0 radical (unpaired) electrons. The van der Waals surface area contributed by atoms with Gasteiger partial charge in [0.2, 0.25) is 0 Å². The monoisotopic (exact) mass is 222 g/mol. The van der Waals surface area contributed by atoms with E-state index in [1.807, 2.05) is 18.9 Å². The van der Waals surface area contributed by atoms with Crippen molar-refractivity contribution in [1.82, 2.24) is 4.98 Å². The fourth-order valence-electron chi connectivity index (χ4n) is 1.80. The minimum Gasteiger partial charge on any atom is -0.478 e. The van der Waals surface area contributed by atoms with Gasteiger partial charge in [-0.1, -0.05) is 6.92 Å². The van der Waals surface area contributed by atoms with Gasteiger partial charge in [0.05, 0.1) is 0 Å². The zero-order chi connectivity index (χ0) is 12.3. The first kappa shape index (κ1) is 12.5. The second-order valence-electron chi connectivity index (χ2n) is 4.01. The summed E-state index contributed by atoms with van der Waals surface area (Å²) in [6.45, 7) is 6.54. The predicted molar refractivity (Wildman–Crippen MR) is 64.2 cm³/mol. The van der Waals surface area contributed by atoms with Crippen LogP contribution in [0.2, 0.25) is 0 Å². The summed E-state index contributed by atoms with van der Waals surface area (Å²) in [7, 11) is 1.87. The van der Waals surface area contributed by atoms with Gasteiger partial charge in [-0.3, -0.25) is 0 Å². The van der Waals surface area contributed by atoms with Crippen LogP contribution in [0.25, 0.3) is 0 Å². The molecule has 0 aliphatic rings. The van der Waals surface area contributed by atoms with Gasteiger partial charge in [-0.25, -0.2) is 9.78 Å². The molecule has 16 heavy (non-hydrogen) atoms. The van der Waals surface area contributed by atoms with Crippen LogP contribution in [-0.2, 0) is 0 Å². The molecule has 0 saturated carbocycles. The summed E-state index contributed by atoms with van der Waals surface area (Å²) in [4.78, 5) is 17.4. The van der Waals surface area contributed by atoms with Gasteiger partial charge >= 0.3 is 5.97 Å². The Bertz CT molecular complexity index is 402. The Labute approximate surface area is 95.9 Å². The molecule has 1 aromatic rings. The van der Waals surface area contributed by atoms with Gasteiger partial charge in [0.1, 0.15) is 11.4 Å². The Balaban J connectivity index is 3.29. The highest BCUT2D eigenvalue weighted by Crippen LogP contribution is 2.21. The van der Waals surface area contributed by atoms with Crippen LogP contribution in [0.1, 0.15) is 35.0 Å². The molecule has 0 aliphatic heterocycles. The van der Waals surface area contributed by atoms with Gasteiger partial charge in [0, 0.05) is 19.3 Å². The molecule has 0 amide bonds. The Morgan fingerprint density at radius 1 is 1.50 bits per heavy atom. The van der Waals surface area contributed by atoms with Gasteiger partial charge in [0.15, 0.2) is 0 Å². The lowest BCUT2D eigenvalue weighted by Crippen LogP contribution is -2.23. The van der Waals surface area contributed by atoms with Crippen LogP contribution in [0.4, 0.5) is 5.82 Å². The number of rotatable bonds is 4. The van der Waals surface area contributed by atoms with E-state index in [9.17, 15) is 9.90 Å². The van der Waals surface area contributed by atoms with Crippen molar-refractivity contribution in [3.8, 4) is 0 Å². The molecule has 0 bridgehead atoms. The zero-order valence-corrected chi connectivity index (χ0v) is 10.2. The van der Waals surface area contributed by atoms with E-state index in [0.29, 0.717) is 11.4 Å². The molecule has 0 aromatic carbocycles. The number of anilines is 1. The van der Waals surface area contributed by atoms with E-state index in [1.165, 1.54) is 0 Å². The van der Waals surface area contributed by atoms with Crippen molar-refractivity contribution in [1.29, 1.82) is 0 Å². The maximum atomic E-state index is 11.2. The van der Waals surface area contributed by atoms with Crippen molar-refractivity contribution < 1.29 is 9.90 Å². The van der Waals surface area contributed by atoms with Crippen molar-refractivity contribution >= 4 is 11.8 Å². The molecule has 0 aliphatic carbocycles. The predicted octanol–water partition coefficient (Wildman–Crippen LogP) is 2.24. The summed E-state index contributed by atoms with van der Waals surface area (Å²) in [6.07, 6.45) is 0.963. The van der Waals surface area contributed by atoms with Crippen molar-refractivity contribution in [2.75, 3.05) is 18.5 Å². The lowest BCUT2D eigenvalue weighted by atomic mass is 10.1. The average Bonchev–Trinajstić information content (AvgIpc) is 2.15. The molecular weight excluding hydrogens is 204 g/mol. The molecule has 1 rings (SSSR count).